The van der Waals surface area contributed by atoms with Crippen LogP contribution < -0.4 is 0 Å². The van der Waals surface area contributed by atoms with Crippen molar-refractivity contribution in [3.05, 3.63) is 33.8 Å². The van der Waals surface area contributed by atoms with Crippen LogP contribution in [0.5, 0.6) is 0 Å². The van der Waals surface area contributed by atoms with Gasteiger partial charge in [-0.05, 0) is 43.4 Å². The van der Waals surface area contributed by atoms with E-state index in [1.165, 1.54) is 11.0 Å². The fourth-order valence-electron chi connectivity index (χ4n) is 2.83. The second-order valence-corrected chi connectivity index (χ2v) is 5.93. The van der Waals surface area contributed by atoms with Crippen LogP contribution in [-0.2, 0) is 12.7 Å². The predicted octanol–water partition coefficient (Wildman–Crippen LogP) is 4.11. The lowest BCUT2D eigenvalue weighted by molar-refractivity contribution is -0.137. The molecule has 1 aliphatic heterocycles. The minimum absolute atomic E-state index is 0.0183. The summed E-state index contributed by atoms with van der Waals surface area (Å²) >= 11 is 5.75. The molecule has 108 valence electrons. The first kappa shape index (κ1) is 13.7. The van der Waals surface area contributed by atoms with E-state index in [0.717, 1.165) is 18.9 Å². The van der Waals surface area contributed by atoms with Crippen molar-refractivity contribution >= 4 is 17.5 Å². The third-order valence-electron chi connectivity index (χ3n) is 4.10. The molecule has 0 N–H and O–H groups in total. The minimum atomic E-state index is -4.57. The Labute approximate surface area is 119 Å². The standard InChI is InChI=1S/C14H13ClF3NO/c1-7(8-2-3-8)19-6-9-4-10(15)5-11(14(16,17)18)12(9)13(19)20/h4-5,7-8H,2-3,6H2,1H3/t7-/m0/s1. The molecule has 1 atom stereocenters. The second-order valence-electron chi connectivity index (χ2n) is 5.50. The molecule has 0 unspecified atom stereocenters. The summed E-state index contributed by atoms with van der Waals surface area (Å²) in [5, 5.41) is 0.0183. The smallest absolute Gasteiger partial charge is 0.331 e. The zero-order chi connectivity index (χ0) is 14.7. The minimum Gasteiger partial charge on any atom is -0.331 e. The maximum absolute atomic E-state index is 13.1. The molecular weight excluding hydrogens is 291 g/mol. The van der Waals surface area contributed by atoms with Crippen molar-refractivity contribution in [2.24, 2.45) is 5.92 Å². The zero-order valence-corrected chi connectivity index (χ0v) is 11.6. The number of carbonyl (C=O) groups is 1. The van der Waals surface area contributed by atoms with Gasteiger partial charge in [0.25, 0.3) is 5.91 Å². The molecule has 1 aliphatic carbocycles. The Morgan fingerprint density at radius 3 is 2.55 bits per heavy atom. The fourth-order valence-corrected chi connectivity index (χ4v) is 3.07. The van der Waals surface area contributed by atoms with Crippen LogP contribution in [0.1, 0.15) is 41.3 Å². The van der Waals surface area contributed by atoms with E-state index in [2.05, 4.69) is 0 Å². The monoisotopic (exact) mass is 303 g/mol. The lowest BCUT2D eigenvalue weighted by Gasteiger charge is -2.24. The molecule has 0 saturated heterocycles. The van der Waals surface area contributed by atoms with E-state index in [4.69, 9.17) is 11.6 Å². The number of amides is 1. The van der Waals surface area contributed by atoms with Gasteiger partial charge in [-0.15, -0.1) is 0 Å². The molecule has 6 heteroatoms. The van der Waals surface area contributed by atoms with Crippen molar-refractivity contribution in [1.29, 1.82) is 0 Å². The SMILES string of the molecule is C[C@@H](C1CC1)N1Cc2cc(Cl)cc(C(F)(F)F)c2C1=O. The summed E-state index contributed by atoms with van der Waals surface area (Å²) in [6.45, 7) is 2.12. The molecule has 0 aromatic heterocycles. The largest absolute Gasteiger partial charge is 0.417 e. The molecule has 1 saturated carbocycles. The van der Waals surface area contributed by atoms with E-state index in [1.807, 2.05) is 6.92 Å². The summed E-state index contributed by atoms with van der Waals surface area (Å²) < 4.78 is 39.2. The van der Waals surface area contributed by atoms with Crippen molar-refractivity contribution in [3.8, 4) is 0 Å². The van der Waals surface area contributed by atoms with E-state index in [0.29, 0.717) is 11.5 Å². The van der Waals surface area contributed by atoms with E-state index in [-0.39, 0.29) is 23.2 Å². The third-order valence-corrected chi connectivity index (χ3v) is 4.32. The highest BCUT2D eigenvalue weighted by Crippen LogP contribution is 2.42. The molecule has 0 radical (unpaired) electrons. The van der Waals surface area contributed by atoms with Gasteiger partial charge in [-0.25, -0.2) is 0 Å². The number of nitrogens with zero attached hydrogens (tertiary/aromatic N) is 1. The summed E-state index contributed by atoms with van der Waals surface area (Å²) in [5.74, 6) is -0.110. The Balaban J connectivity index is 2.04. The number of hydrogen-bond donors (Lipinski definition) is 0. The predicted molar refractivity (Wildman–Crippen MR) is 68.5 cm³/mol. The Morgan fingerprint density at radius 2 is 2.00 bits per heavy atom. The van der Waals surface area contributed by atoms with Gasteiger partial charge >= 0.3 is 6.18 Å². The molecule has 1 heterocycles. The second kappa shape index (κ2) is 4.38. The molecule has 1 fully saturated rings. The van der Waals surface area contributed by atoms with Crippen molar-refractivity contribution in [2.75, 3.05) is 0 Å². The van der Waals surface area contributed by atoms with Gasteiger partial charge in [0.2, 0.25) is 0 Å². The lowest BCUT2D eigenvalue weighted by Crippen LogP contribution is -2.35. The first-order valence-electron chi connectivity index (χ1n) is 6.49. The average Bonchev–Trinajstić information content (AvgIpc) is 3.12. The quantitative estimate of drug-likeness (QED) is 0.805. The van der Waals surface area contributed by atoms with Gasteiger partial charge < -0.3 is 4.90 Å². The number of benzene rings is 1. The maximum Gasteiger partial charge on any atom is 0.417 e. The van der Waals surface area contributed by atoms with E-state index in [1.54, 1.807) is 0 Å². The Hall–Kier alpha value is -1.23. The van der Waals surface area contributed by atoms with Crippen molar-refractivity contribution in [3.63, 3.8) is 0 Å². The number of hydrogen-bond acceptors (Lipinski definition) is 1. The summed E-state index contributed by atoms with van der Waals surface area (Å²) in [7, 11) is 0. The Morgan fingerprint density at radius 1 is 1.35 bits per heavy atom. The molecule has 1 amide bonds. The van der Waals surface area contributed by atoms with Gasteiger partial charge in [-0.3, -0.25) is 4.79 Å². The number of fused-ring (bicyclic) bond motifs is 1. The van der Waals surface area contributed by atoms with Crippen LogP contribution in [-0.4, -0.2) is 16.8 Å². The number of halogens is 4. The fraction of sp³-hybridized carbons (Fsp3) is 0.500. The summed E-state index contributed by atoms with van der Waals surface area (Å²) in [6.07, 6.45) is -2.49. The van der Waals surface area contributed by atoms with Crippen LogP contribution in [0, 0.1) is 5.92 Å². The molecule has 2 aliphatic rings. The molecule has 1 aromatic rings. The Kier molecular flexibility index (Phi) is 3.01. The first-order chi connectivity index (χ1) is 9.29. The van der Waals surface area contributed by atoms with Crippen LogP contribution >= 0.6 is 11.6 Å². The van der Waals surface area contributed by atoms with Gasteiger partial charge in [0.15, 0.2) is 0 Å². The van der Waals surface area contributed by atoms with Crippen LogP contribution in [0.15, 0.2) is 12.1 Å². The number of rotatable bonds is 2. The van der Waals surface area contributed by atoms with Gasteiger partial charge in [-0.1, -0.05) is 11.6 Å². The summed E-state index contributed by atoms with van der Waals surface area (Å²) in [4.78, 5) is 13.9. The van der Waals surface area contributed by atoms with Crippen LogP contribution in [0.2, 0.25) is 5.02 Å². The molecule has 20 heavy (non-hydrogen) atoms. The lowest BCUT2D eigenvalue weighted by atomic mass is 10.0. The van der Waals surface area contributed by atoms with Crippen LogP contribution in [0.4, 0.5) is 13.2 Å². The zero-order valence-electron chi connectivity index (χ0n) is 10.8. The molecule has 1 aromatic carbocycles. The number of alkyl halides is 3. The van der Waals surface area contributed by atoms with Gasteiger partial charge in [0.1, 0.15) is 0 Å². The summed E-state index contributed by atoms with van der Waals surface area (Å²) in [5.41, 5.74) is -0.771. The van der Waals surface area contributed by atoms with Crippen LogP contribution in [0.25, 0.3) is 0 Å². The Bertz CT molecular complexity index is 581. The van der Waals surface area contributed by atoms with Gasteiger partial charge in [0, 0.05) is 17.6 Å². The molecule has 3 rings (SSSR count). The van der Waals surface area contributed by atoms with E-state index < -0.39 is 17.6 Å². The van der Waals surface area contributed by atoms with Crippen LogP contribution in [0.3, 0.4) is 0 Å². The highest BCUT2D eigenvalue weighted by molar-refractivity contribution is 6.31. The van der Waals surface area contributed by atoms with Gasteiger partial charge in [0.05, 0.1) is 11.1 Å². The van der Waals surface area contributed by atoms with Gasteiger partial charge in [-0.2, -0.15) is 13.2 Å². The summed E-state index contributed by atoms with van der Waals surface area (Å²) in [6, 6.07) is 2.28. The van der Waals surface area contributed by atoms with Crippen molar-refractivity contribution in [2.45, 2.75) is 38.5 Å². The molecule has 2 nitrogen and oxygen atoms in total. The first-order valence-corrected chi connectivity index (χ1v) is 6.87. The topological polar surface area (TPSA) is 20.3 Å². The highest BCUT2D eigenvalue weighted by Gasteiger charge is 2.44. The maximum atomic E-state index is 13.1. The molecular formula is C14H13ClF3NO. The molecule has 0 bridgehead atoms. The normalized spacial score (nSPS) is 20.2. The van der Waals surface area contributed by atoms with E-state index in [9.17, 15) is 18.0 Å². The number of carbonyl (C=O) groups excluding carboxylic acids is 1. The van der Waals surface area contributed by atoms with Crippen molar-refractivity contribution in [1.82, 2.24) is 4.90 Å². The van der Waals surface area contributed by atoms with Crippen molar-refractivity contribution < 1.29 is 18.0 Å². The molecule has 0 spiro atoms. The highest BCUT2D eigenvalue weighted by atomic mass is 35.5. The van der Waals surface area contributed by atoms with E-state index >= 15 is 0 Å². The third kappa shape index (κ3) is 2.18. The average molecular weight is 304 g/mol.